The molecule has 0 aliphatic carbocycles. The van der Waals surface area contributed by atoms with Crippen LogP contribution in [0.4, 0.5) is 0 Å². The smallest absolute Gasteiger partial charge is 0.340 e. The Morgan fingerprint density at radius 3 is 2.59 bits per heavy atom. The number of hydrogen-bond donors (Lipinski definition) is 2. The molecule has 4 rings (SSSR count). The van der Waals surface area contributed by atoms with Gasteiger partial charge in [0.1, 0.15) is 11.3 Å². The molecule has 0 unspecified atom stereocenters. The molecule has 0 amide bonds. The zero-order chi connectivity index (χ0) is 19.0. The summed E-state index contributed by atoms with van der Waals surface area (Å²) >= 11 is 0. The van der Waals surface area contributed by atoms with Crippen LogP contribution in [0.1, 0.15) is 24.0 Å². The number of ether oxygens (including phenoxy) is 2. The van der Waals surface area contributed by atoms with Crippen LogP contribution in [0, 0.1) is 0 Å². The van der Waals surface area contributed by atoms with E-state index in [9.17, 15) is 9.59 Å². The van der Waals surface area contributed by atoms with Gasteiger partial charge in [-0.25, -0.2) is 4.79 Å². The number of hydrogen-bond acceptors (Lipinski definition) is 5. The minimum Gasteiger partial charge on any atom is -0.462 e. The molecule has 1 aliphatic heterocycles. The van der Waals surface area contributed by atoms with Gasteiger partial charge in [-0.2, -0.15) is 0 Å². The fourth-order valence-electron chi connectivity index (χ4n) is 3.46. The molecule has 0 saturated heterocycles. The van der Waals surface area contributed by atoms with E-state index >= 15 is 0 Å². The van der Waals surface area contributed by atoms with Crippen molar-refractivity contribution in [2.24, 2.45) is 5.73 Å². The third-order valence-corrected chi connectivity index (χ3v) is 4.59. The highest BCUT2D eigenvalue weighted by molar-refractivity contribution is 5.95. The third-order valence-electron chi connectivity index (χ3n) is 4.59. The molecule has 0 spiro atoms. The SMILES string of the molecule is CCOC(=O)C1=C(N)Oc2c(c(=O)[nH]c3ccccc23)[C@H]1c1ccccc1. The Morgan fingerprint density at radius 2 is 1.85 bits per heavy atom. The second-order valence-corrected chi connectivity index (χ2v) is 6.19. The number of fused-ring (bicyclic) bond motifs is 3. The minimum absolute atomic E-state index is 0.0504. The summed E-state index contributed by atoms with van der Waals surface area (Å²) in [5.41, 5.74) is 7.69. The third kappa shape index (κ3) is 2.75. The van der Waals surface area contributed by atoms with Crippen molar-refractivity contribution in [3.63, 3.8) is 0 Å². The maximum atomic E-state index is 12.9. The number of para-hydroxylation sites is 1. The summed E-state index contributed by atoms with van der Waals surface area (Å²) < 4.78 is 11.0. The van der Waals surface area contributed by atoms with Crippen molar-refractivity contribution in [3.8, 4) is 5.75 Å². The summed E-state index contributed by atoms with van der Waals surface area (Å²) in [6.07, 6.45) is 0. The Kier molecular flexibility index (Phi) is 4.16. The Balaban J connectivity index is 2.04. The molecule has 1 atom stereocenters. The van der Waals surface area contributed by atoms with Gasteiger partial charge < -0.3 is 20.2 Å². The Hall–Kier alpha value is -3.54. The van der Waals surface area contributed by atoms with E-state index in [1.54, 1.807) is 13.0 Å². The van der Waals surface area contributed by atoms with Crippen LogP contribution in [0.15, 0.2) is 70.8 Å². The number of carbonyl (C=O) groups excluding carboxylic acids is 1. The number of esters is 1. The summed E-state index contributed by atoms with van der Waals surface area (Å²) in [6, 6.07) is 16.6. The van der Waals surface area contributed by atoms with Gasteiger partial charge in [-0.05, 0) is 24.6 Å². The predicted molar refractivity (Wildman–Crippen MR) is 101 cm³/mol. The molecule has 0 bridgehead atoms. The predicted octanol–water partition coefficient (Wildman–Crippen LogP) is 2.79. The number of benzene rings is 2. The number of aromatic amines is 1. The van der Waals surface area contributed by atoms with E-state index in [0.29, 0.717) is 16.8 Å². The first-order valence-electron chi connectivity index (χ1n) is 8.66. The van der Waals surface area contributed by atoms with Crippen molar-refractivity contribution in [1.29, 1.82) is 0 Å². The number of pyridine rings is 1. The molecular formula is C21H18N2O4. The van der Waals surface area contributed by atoms with Crippen LogP contribution in [0.3, 0.4) is 0 Å². The van der Waals surface area contributed by atoms with Crippen molar-refractivity contribution < 1.29 is 14.3 Å². The van der Waals surface area contributed by atoms with Gasteiger partial charge in [-0.3, -0.25) is 4.79 Å². The maximum Gasteiger partial charge on any atom is 0.340 e. The van der Waals surface area contributed by atoms with Gasteiger partial charge in [0.05, 0.1) is 23.6 Å². The van der Waals surface area contributed by atoms with E-state index < -0.39 is 11.9 Å². The Bertz CT molecular complexity index is 1120. The summed E-state index contributed by atoms with van der Waals surface area (Å²) in [5.74, 6) is -0.955. The van der Waals surface area contributed by atoms with Crippen LogP contribution in [-0.2, 0) is 9.53 Å². The molecule has 2 aromatic carbocycles. The average molecular weight is 362 g/mol. The van der Waals surface area contributed by atoms with Gasteiger partial charge in [0.15, 0.2) is 0 Å². The Labute approximate surface area is 155 Å². The summed E-state index contributed by atoms with van der Waals surface area (Å²) in [7, 11) is 0. The lowest BCUT2D eigenvalue weighted by molar-refractivity contribution is -0.139. The monoisotopic (exact) mass is 362 g/mol. The quantitative estimate of drug-likeness (QED) is 0.699. The van der Waals surface area contributed by atoms with Gasteiger partial charge in [-0.15, -0.1) is 0 Å². The standard InChI is InChI=1S/C21H18N2O4/c1-2-26-21(25)17-15(12-8-4-3-5-9-12)16-18(27-19(17)22)13-10-6-7-11-14(13)23-20(16)24/h3-11,15H,2,22H2,1H3,(H,23,24)/t15-/m1/s1. The van der Waals surface area contributed by atoms with Gasteiger partial charge in [0.2, 0.25) is 5.88 Å². The molecule has 0 radical (unpaired) electrons. The average Bonchev–Trinajstić information content (AvgIpc) is 2.68. The first-order chi connectivity index (χ1) is 13.1. The summed E-state index contributed by atoms with van der Waals surface area (Å²) in [4.78, 5) is 28.4. The molecule has 3 N–H and O–H groups in total. The number of aromatic nitrogens is 1. The molecule has 6 heteroatoms. The van der Waals surface area contributed by atoms with Gasteiger partial charge in [-0.1, -0.05) is 42.5 Å². The van der Waals surface area contributed by atoms with Crippen molar-refractivity contribution in [2.45, 2.75) is 12.8 Å². The van der Waals surface area contributed by atoms with E-state index in [-0.39, 0.29) is 23.6 Å². The van der Waals surface area contributed by atoms with Gasteiger partial charge in [0.25, 0.3) is 5.56 Å². The zero-order valence-corrected chi connectivity index (χ0v) is 14.7. The van der Waals surface area contributed by atoms with E-state index in [1.807, 2.05) is 48.5 Å². The first-order valence-corrected chi connectivity index (χ1v) is 8.66. The van der Waals surface area contributed by atoms with E-state index in [1.165, 1.54) is 0 Å². The second kappa shape index (κ2) is 6.64. The zero-order valence-electron chi connectivity index (χ0n) is 14.7. The van der Waals surface area contributed by atoms with E-state index in [4.69, 9.17) is 15.2 Å². The van der Waals surface area contributed by atoms with Crippen LogP contribution in [0.5, 0.6) is 5.75 Å². The van der Waals surface area contributed by atoms with Crippen LogP contribution in [0.2, 0.25) is 0 Å². The summed E-state index contributed by atoms with van der Waals surface area (Å²) in [5, 5.41) is 0.721. The van der Waals surface area contributed by atoms with Crippen molar-refractivity contribution in [3.05, 3.63) is 87.5 Å². The topological polar surface area (TPSA) is 94.4 Å². The summed E-state index contributed by atoms with van der Waals surface area (Å²) in [6.45, 7) is 1.90. The fraction of sp³-hybridized carbons (Fsp3) is 0.143. The lowest BCUT2D eigenvalue weighted by Crippen LogP contribution is -2.32. The van der Waals surface area contributed by atoms with E-state index in [0.717, 1.165) is 10.9 Å². The molecule has 1 aromatic heterocycles. The van der Waals surface area contributed by atoms with Crippen LogP contribution >= 0.6 is 0 Å². The van der Waals surface area contributed by atoms with Crippen molar-refractivity contribution in [2.75, 3.05) is 6.61 Å². The number of rotatable bonds is 3. The molecule has 1 aliphatic rings. The van der Waals surface area contributed by atoms with Gasteiger partial charge in [0, 0.05) is 5.39 Å². The molecule has 6 nitrogen and oxygen atoms in total. The molecule has 136 valence electrons. The number of nitrogens with two attached hydrogens (primary N) is 1. The number of H-pyrrole nitrogens is 1. The highest BCUT2D eigenvalue weighted by Gasteiger charge is 2.38. The molecule has 0 saturated carbocycles. The maximum absolute atomic E-state index is 12.9. The minimum atomic E-state index is -0.678. The molecular weight excluding hydrogens is 344 g/mol. The van der Waals surface area contributed by atoms with Crippen molar-refractivity contribution >= 4 is 16.9 Å². The van der Waals surface area contributed by atoms with Crippen LogP contribution in [-0.4, -0.2) is 17.6 Å². The largest absolute Gasteiger partial charge is 0.462 e. The first kappa shape index (κ1) is 16.9. The fourth-order valence-corrected chi connectivity index (χ4v) is 3.46. The molecule has 27 heavy (non-hydrogen) atoms. The molecule has 3 aromatic rings. The Morgan fingerprint density at radius 1 is 1.15 bits per heavy atom. The molecule has 2 heterocycles. The normalized spacial score (nSPS) is 16.0. The van der Waals surface area contributed by atoms with Crippen molar-refractivity contribution in [1.82, 2.24) is 4.98 Å². The highest BCUT2D eigenvalue weighted by atomic mass is 16.5. The van der Waals surface area contributed by atoms with Crippen LogP contribution in [0.25, 0.3) is 10.9 Å². The second-order valence-electron chi connectivity index (χ2n) is 6.19. The number of nitrogens with one attached hydrogen (secondary N) is 1. The lowest BCUT2D eigenvalue weighted by atomic mass is 9.83. The number of carbonyl (C=O) groups is 1. The lowest BCUT2D eigenvalue weighted by Gasteiger charge is -2.28. The van der Waals surface area contributed by atoms with Crippen LogP contribution < -0.4 is 16.0 Å². The van der Waals surface area contributed by atoms with E-state index in [2.05, 4.69) is 4.98 Å². The molecule has 0 fully saturated rings. The highest BCUT2D eigenvalue weighted by Crippen LogP contribution is 2.43. The van der Waals surface area contributed by atoms with Gasteiger partial charge >= 0.3 is 5.97 Å².